The van der Waals surface area contributed by atoms with Gasteiger partial charge in [-0.25, -0.2) is 4.39 Å². The van der Waals surface area contributed by atoms with Crippen LogP contribution in [0.3, 0.4) is 0 Å². The average Bonchev–Trinajstić information content (AvgIpc) is 2.65. The molecule has 0 bridgehead atoms. The number of halogens is 3. The van der Waals surface area contributed by atoms with E-state index in [0.29, 0.717) is 22.0 Å². The Morgan fingerprint density at radius 2 is 1.66 bits per heavy atom. The Morgan fingerprint density at radius 1 is 1.03 bits per heavy atom. The molecule has 4 nitrogen and oxygen atoms in total. The van der Waals surface area contributed by atoms with Gasteiger partial charge in [-0.3, -0.25) is 9.59 Å². The number of rotatable bonds is 8. The zero-order chi connectivity index (χ0) is 21.6. The number of benzene rings is 2. The van der Waals surface area contributed by atoms with Crippen LogP contribution in [0.15, 0.2) is 42.5 Å². The molecular formula is C22H25Cl2FN2O2. The van der Waals surface area contributed by atoms with E-state index in [1.807, 2.05) is 20.8 Å². The lowest BCUT2D eigenvalue weighted by Gasteiger charge is -2.31. The molecule has 0 fully saturated rings. The summed E-state index contributed by atoms with van der Waals surface area (Å²) >= 11 is 12.0. The summed E-state index contributed by atoms with van der Waals surface area (Å²) in [7, 11) is 0. The average molecular weight is 439 g/mol. The van der Waals surface area contributed by atoms with E-state index >= 15 is 0 Å². The summed E-state index contributed by atoms with van der Waals surface area (Å²) in [6.45, 7) is 5.79. The van der Waals surface area contributed by atoms with Crippen LogP contribution in [-0.2, 0) is 22.6 Å². The lowest BCUT2D eigenvalue weighted by atomic mass is 10.1. The highest BCUT2D eigenvalue weighted by Crippen LogP contribution is 2.23. The molecule has 2 aromatic rings. The molecule has 0 aliphatic rings. The summed E-state index contributed by atoms with van der Waals surface area (Å²) in [6, 6.07) is 10.2. The molecule has 0 saturated carbocycles. The largest absolute Gasteiger partial charge is 0.352 e. The molecule has 0 radical (unpaired) electrons. The van der Waals surface area contributed by atoms with Gasteiger partial charge < -0.3 is 10.2 Å². The van der Waals surface area contributed by atoms with Crippen molar-refractivity contribution in [3.63, 3.8) is 0 Å². The van der Waals surface area contributed by atoms with Crippen molar-refractivity contribution in [2.24, 2.45) is 0 Å². The molecule has 0 saturated heterocycles. The van der Waals surface area contributed by atoms with Gasteiger partial charge in [-0.2, -0.15) is 0 Å². The summed E-state index contributed by atoms with van der Waals surface area (Å²) in [6.07, 6.45) is 0.524. The fourth-order valence-electron chi connectivity index (χ4n) is 3.01. The number of carbonyl (C=O) groups is 2. The van der Waals surface area contributed by atoms with E-state index in [1.54, 1.807) is 30.3 Å². The van der Waals surface area contributed by atoms with Gasteiger partial charge in [0.25, 0.3) is 0 Å². The topological polar surface area (TPSA) is 49.4 Å². The summed E-state index contributed by atoms with van der Waals surface area (Å²) in [5.41, 5.74) is 1.44. The summed E-state index contributed by atoms with van der Waals surface area (Å²) in [4.78, 5) is 27.4. The summed E-state index contributed by atoms with van der Waals surface area (Å²) in [5, 5.41) is 3.65. The predicted molar refractivity (Wildman–Crippen MR) is 114 cm³/mol. The Labute approximate surface area is 181 Å². The molecule has 1 N–H and O–H groups in total. The lowest BCUT2D eigenvalue weighted by molar-refractivity contribution is -0.141. The molecule has 0 aromatic heterocycles. The number of carbonyl (C=O) groups excluding carboxylic acids is 2. The van der Waals surface area contributed by atoms with Gasteiger partial charge in [0, 0.05) is 12.6 Å². The van der Waals surface area contributed by atoms with Gasteiger partial charge in [0.2, 0.25) is 11.8 Å². The second-order valence-corrected chi connectivity index (χ2v) is 7.98. The highest BCUT2D eigenvalue weighted by atomic mass is 35.5. The molecule has 7 heteroatoms. The van der Waals surface area contributed by atoms with E-state index in [-0.39, 0.29) is 36.6 Å². The Bertz CT molecular complexity index is 856. The Balaban J connectivity index is 2.30. The van der Waals surface area contributed by atoms with Crippen LogP contribution >= 0.6 is 23.2 Å². The highest BCUT2D eigenvalue weighted by molar-refractivity contribution is 6.42. The van der Waals surface area contributed by atoms with Gasteiger partial charge in [-0.15, -0.1) is 0 Å². The molecule has 2 amide bonds. The van der Waals surface area contributed by atoms with Crippen molar-refractivity contribution in [2.75, 3.05) is 0 Å². The number of amides is 2. The van der Waals surface area contributed by atoms with Crippen molar-refractivity contribution >= 4 is 35.0 Å². The van der Waals surface area contributed by atoms with Crippen LogP contribution in [0.5, 0.6) is 0 Å². The van der Waals surface area contributed by atoms with Crippen molar-refractivity contribution in [3.05, 3.63) is 69.5 Å². The maximum absolute atomic E-state index is 13.3. The van der Waals surface area contributed by atoms with Crippen molar-refractivity contribution in [2.45, 2.75) is 52.2 Å². The molecule has 0 heterocycles. The molecule has 1 atom stereocenters. The number of hydrogen-bond donors (Lipinski definition) is 1. The Kier molecular flexibility index (Phi) is 8.47. The summed E-state index contributed by atoms with van der Waals surface area (Å²) < 4.78 is 13.3. The van der Waals surface area contributed by atoms with E-state index in [9.17, 15) is 14.0 Å². The zero-order valence-electron chi connectivity index (χ0n) is 16.7. The van der Waals surface area contributed by atoms with Crippen molar-refractivity contribution < 1.29 is 14.0 Å². The summed E-state index contributed by atoms with van der Waals surface area (Å²) in [5.74, 6) is -0.794. The Morgan fingerprint density at radius 3 is 2.21 bits per heavy atom. The molecule has 0 aliphatic heterocycles. The SMILES string of the molecule is CC[C@H](C(=O)NC(C)C)N(Cc1ccc(F)cc1)C(=O)Cc1ccc(Cl)c(Cl)c1. The first-order valence-electron chi connectivity index (χ1n) is 9.49. The van der Waals surface area contributed by atoms with Gasteiger partial charge in [-0.1, -0.05) is 48.3 Å². The zero-order valence-corrected chi connectivity index (χ0v) is 18.2. The monoisotopic (exact) mass is 438 g/mol. The third-order valence-electron chi connectivity index (χ3n) is 4.42. The number of hydrogen-bond acceptors (Lipinski definition) is 2. The van der Waals surface area contributed by atoms with Crippen LogP contribution in [0.1, 0.15) is 38.3 Å². The number of nitrogens with one attached hydrogen (secondary N) is 1. The standard InChI is InChI=1S/C22H25Cl2FN2O2/c1-4-20(22(29)26-14(2)3)27(13-15-5-8-17(25)9-6-15)21(28)12-16-7-10-18(23)19(24)11-16/h5-11,14,20H,4,12-13H2,1-3H3,(H,26,29)/t20-/m1/s1. The predicted octanol–water partition coefficient (Wildman–Crippen LogP) is 5.01. The van der Waals surface area contributed by atoms with Gasteiger partial charge in [0.05, 0.1) is 16.5 Å². The third kappa shape index (κ3) is 6.72. The van der Waals surface area contributed by atoms with Gasteiger partial charge >= 0.3 is 0 Å². The van der Waals surface area contributed by atoms with Gasteiger partial charge in [0.15, 0.2) is 0 Å². The molecule has 29 heavy (non-hydrogen) atoms. The van der Waals surface area contributed by atoms with Crippen LogP contribution in [0.4, 0.5) is 4.39 Å². The first-order chi connectivity index (χ1) is 13.7. The fraction of sp³-hybridized carbons (Fsp3) is 0.364. The minimum atomic E-state index is -0.641. The molecular weight excluding hydrogens is 414 g/mol. The molecule has 2 aromatic carbocycles. The van der Waals surface area contributed by atoms with Crippen LogP contribution in [0.25, 0.3) is 0 Å². The van der Waals surface area contributed by atoms with E-state index in [4.69, 9.17) is 23.2 Å². The fourth-order valence-corrected chi connectivity index (χ4v) is 3.33. The minimum Gasteiger partial charge on any atom is -0.352 e. The first kappa shape index (κ1) is 23.2. The van der Waals surface area contributed by atoms with Crippen LogP contribution in [0.2, 0.25) is 10.0 Å². The first-order valence-corrected chi connectivity index (χ1v) is 10.2. The maximum atomic E-state index is 13.3. The number of nitrogens with zero attached hydrogens (tertiary/aromatic N) is 1. The maximum Gasteiger partial charge on any atom is 0.243 e. The van der Waals surface area contributed by atoms with Crippen LogP contribution in [0, 0.1) is 5.82 Å². The molecule has 0 unspecified atom stereocenters. The van der Waals surface area contributed by atoms with Crippen LogP contribution in [-0.4, -0.2) is 28.8 Å². The van der Waals surface area contributed by atoms with E-state index in [2.05, 4.69) is 5.32 Å². The molecule has 0 spiro atoms. The molecule has 2 rings (SSSR count). The lowest BCUT2D eigenvalue weighted by Crippen LogP contribution is -2.50. The van der Waals surface area contributed by atoms with Crippen molar-refractivity contribution in [1.29, 1.82) is 0 Å². The second-order valence-electron chi connectivity index (χ2n) is 7.16. The van der Waals surface area contributed by atoms with Crippen molar-refractivity contribution in [1.82, 2.24) is 10.2 Å². The van der Waals surface area contributed by atoms with Crippen molar-refractivity contribution in [3.8, 4) is 0 Å². The third-order valence-corrected chi connectivity index (χ3v) is 5.16. The van der Waals surface area contributed by atoms with E-state index in [1.165, 1.54) is 17.0 Å². The quantitative estimate of drug-likeness (QED) is 0.629. The second kappa shape index (κ2) is 10.6. The normalized spacial score (nSPS) is 12.0. The van der Waals surface area contributed by atoms with E-state index in [0.717, 1.165) is 5.56 Å². The molecule has 0 aliphatic carbocycles. The van der Waals surface area contributed by atoms with E-state index < -0.39 is 6.04 Å². The van der Waals surface area contributed by atoms with Gasteiger partial charge in [-0.05, 0) is 55.7 Å². The minimum absolute atomic E-state index is 0.0469. The highest BCUT2D eigenvalue weighted by Gasteiger charge is 2.29. The molecule has 156 valence electrons. The van der Waals surface area contributed by atoms with Gasteiger partial charge in [0.1, 0.15) is 11.9 Å². The van der Waals surface area contributed by atoms with Crippen LogP contribution < -0.4 is 5.32 Å². The smallest absolute Gasteiger partial charge is 0.243 e. The Hall–Kier alpha value is -2.11.